The highest BCUT2D eigenvalue weighted by Crippen LogP contribution is 2.25. The van der Waals surface area contributed by atoms with E-state index in [1.165, 1.54) is 0 Å². The van der Waals surface area contributed by atoms with Crippen molar-refractivity contribution in [3.8, 4) is 0 Å². The Morgan fingerprint density at radius 2 is 1.88 bits per heavy atom. The standard InChI is InChI=1S/C17H26N4O3S/c22-16(8-12-25(23,24)15-6-1-2-7-15)20-14-5-3-11-21(13-14)17-18-9-4-10-19-17/h4,9-10,14-15H,1-3,5-8,11-13H2,(H,20,22)/t14-/m0/s1. The van der Waals surface area contributed by atoms with Gasteiger partial charge in [0.1, 0.15) is 0 Å². The number of sulfone groups is 1. The van der Waals surface area contributed by atoms with Crippen LogP contribution in [0.2, 0.25) is 0 Å². The van der Waals surface area contributed by atoms with Crippen LogP contribution in [0.25, 0.3) is 0 Å². The smallest absolute Gasteiger partial charge is 0.225 e. The lowest BCUT2D eigenvalue weighted by molar-refractivity contribution is -0.121. The molecule has 2 fully saturated rings. The zero-order chi connectivity index (χ0) is 17.7. The maximum atomic E-state index is 12.3. The first-order chi connectivity index (χ1) is 12.0. The van der Waals surface area contributed by atoms with E-state index in [2.05, 4.69) is 20.2 Å². The fourth-order valence-corrected chi connectivity index (χ4v) is 5.53. The van der Waals surface area contributed by atoms with Crippen molar-refractivity contribution in [1.29, 1.82) is 0 Å². The number of carbonyl (C=O) groups is 1. The summed E-state index contributed by atoms with van der Waals surface area (Å²) in [5.41, 5.74) is 0. The van der Waals surface area contributed by atoms with Gasteiger partial charge in [-0.3, -0.25) is 4.79 Å². The molecule has 0 radical (unpaired) electrons. The van der Waals surface area contributed by atoms with Crippen molar-refractivity contribution in [3.05, 3.63) is 18.5 Å². The Bertz CT molecular complexity index is 674. The van der Waals surface area contributed by atoms with Gasteiger partial charge in [-0.15, -0.1) is 0 Å². The first-order valence-electron chi connectivity index (χ1n) is 9.07. The number of nitrogens with zero attached hydrogens (tertiary/aromatic N) is 3. The van der Waals surface area contributed by atoms with Gasteiger partial charge in [0, 0.05) is 37.9 Å². The van der Waals surface area contributed by atoms with Gasteiger partial charge >= 0.3 is 0 Å². The lowest BCUT2D eigenvalue weighted by Crippen LogP contribution is -2.48. The van der Waals surface area contributed by atoms with Gasteiger partial charge in [-0.05, 0) is 31.7 Å². The van der Waals surface area contributed by atoms with Gasteiger partial charge in [-0.25, -0.2) is 18.4 Å². The minimum absolute atomic E-state index is 0.0132. The Morgan fingerprint density at radius 1 is 1.16 bits per heavy atom. The van der Waals surface area contributed by atoms with Crippen LogP contribution in [0.15, 0.2) is 18.5 Å². The SMILES string of the molecule is O=C(CCS(=O)(=O)C1CCCC1)N[C@H]1CCCN(c2ncccn2)C1. The first-order valence-corrected chi connectivity index (χ1v) is 10.8. The largest absolute Gasteiger partial charge is 0.352 e. The second-order valence-corrected chi connectivity index (χ2v) is 9.33. The number of rotatable bonds is 6. The average molecular weight is 366 g/mol. The molecule has 0 spiro atoms. The Hall–Kier alpha value is -1.70. The summed E-state index contributed by atoms with van der Waals surface area (Å²) in [5.74, 6) is 0.453. The van der Waals surface area contributed by atoms with E-state index < -0.39 is 9.84 Å². The van der Waals surface area contributed by atoms with Crippen LogP contribution in [0, 0.1) is 0 Å². The number of hydrogen-bond donors (Lipinski definition) is 1. The molecule has 1 aromatic heterocycles. The molecule has 3 rings (SSSR count). The van der Waals surface area contributed by atoms with Crippen molar-refractivity contribution in [3.63, 3.8) is 0 Å². The van der Waals surface area contributed by atoms with Crippen molar-refractivity contribution < 1.29 is 13.2 Å². The molecule has 1 amide bonds. The predicted molar refractivity (Wildman–Crippen MR) is 96.1 cm³/mol. The second-order valence-electron chi connectivity index (χ2n) is 6.92. The van der Waals surface area contributed by atoms with Crippen molar-refractivity contribution in [2.45, 2.75) is 56.2 Å². The highest BCUT2D eigenvalue weighted by atomic mass is 32.2. The van der Waals surface area contributed by atoms with Crippen molar-refractivity contribution in [1.82, 2.24) is 15.3 Å². The van der Waals surface area contributed by atoms with Crippen LogP contribution in [-0.2, 0) is 14.6 Å². The van der Waals surface area contributed by atoms with Crippen LogP contribution < -0.4 is 10.2 Å². The summed E-state index contributed by atoms with van der Waals surface area (Å²) >= 11 is 0. The maximum absolute atomic E-state index is 12.3. The number of amides is 1. The van der Waals surface area contributed by atoms with Gasteiger partial charge in [0.05, 0.1) is 11.0 Å². The van der Waals surface area contributed by atoms with E-state index in [1.807, 2.05) is 0 Å². The summed E-state index contributed by atoms with van der Waals surface area (Å²) in [7, 11) is -3.14. The van der Waals surface area contributed by atoms with E-state index in [-0.39, 0.29) is 29.4 Å². The predicted octanol–water partition coefficient (Wildman–Crippen LogP) is 1.31. The lowest BCUT2D eigenvalue weighted by atomic mass is 10.1. The summed E-state index contributed by atoms with van der Waals surface area (Å²) in [6.45, 7) is 1.53. The summed E-state index contributed by atoms with van der Waals surface area (Å²) < 4.78 is 24.5. The molecule has 1 aliphatic carbocycles. The van der Waals surface area contributed by atoms with E-state index >= 15 is 0 Å². The zero-order valence-corrected chi connectivity index (χ0v) is 15.2. The fourth-order valence-electron chi connectivity index (χ4n) is 3.68. The van der Waals surface area contributed by atoms with Crippen LogP contribution in [-0.4, -0.2) is 54.4 Å². The third-order valence-electron chi connectivity index (χ3n) is 5.05. The summed E-state index contributed by atoms with van der Waals surface area (Å²) in [5, 5.41) is 2.75. The number of carbonyl (C=O) groups excluding carboxylic acids is 1. The lowest BCUT2D eigenvalue weighted by Gasteiger charge is -2.33. The van der Waals surface area contributed by atoms with Crippen LogP contribution in [0.4, 0.5) is 5.95 Å². The molecule has 1 aromatic rings. The van der Waals surface area contributed by atoms with Gasteiger partial charge in [0.2, 0.25) is 11.9 Å². The number of anilines is 1. The summed E-state index contributed by atoms with van der Waals surface area (Å²) in [6, 6.07) is 1.79. The quantitative estimate of drug-likeness (QED) is 0.816. The molecule has 2 heterocycles. The Labute approximate surface area is 149 Å². The third-order valence-corrected chi connectivity index (χ3v) is 7.31. The molecule has 0 bridgehead atoms. The number of aromatic nitrogens is 2. The third kappa shape index (κ3) is 4.90. The topological polar surface area (TPSA) is 92.3 Å². The molecule has 1 atom stereocenters. The molecule has 1 saturated carbocycles. The maximum Gasteiger partial charge on any atom is 0.225 e. The molecule has 1 N–H and O–H groups in total. The Morgan fingerprint density at radius 3 is 2.60 bits per heavy atom. The normalized spacial score (nSPS) is 22.1. The van der Waals surface area contributed by atoms with Crippen molar-refractivity contribution in [2.24, 2.45) is 0 Å². The number of piperidine rings is 1. The van der Waals surface area contributed by atoms with E-state index in [0.29, 0.717) is 12.5 Å². The van der Waals surface area contributed by atoms with Crippen LogP contribution in [0.5, 0.6) is 0 Å². The molecule has 8 heteroatoms. The number of hydrogen-bond acceptors (Lipinski definition) is 6. The molecular weight excluding hydrogens is 340 g/mol. The van der Waals surface area contributed by atoms with E-state index in [4.69, 9.17) is 0 Å². The van der Waals surface area contributed by atoms with Crippen molar-refractivity contribution in [2.75, 3.05) is 23.7 Å². The molecule has 0 aromatic carbocycles. The van der Waals surface area contributed by atoms with Gasteiger partial charge in [-0.1, -0.05) is 12.8 Å². The molecule has 7 nitrogen and oxygen atoms in total. The molecule has 138 valence electrons. The van der Waals surface area contributed by atoms with Crippen LogP contribution in [0.1, 0.15) is 44.9 Å². The highest BCUT2D eigenvalue weighted by molar-refractivity contribution is 7.92. The Balaban J connectivity index is 1.47. The second kappa shape index (κ2) is 8.12. The first kappa shape index (κ1) is 18.1. The number of nitrogens with one attached hydrogen (secondary N) is 1. The summed E-state index contributed by atoms with van der Waals surface area (Å²) in [4.78, 5) is 22.8. The van der Waals surface area contributed by atoms with Gasteiger partial charge in [0.15, 0.2) is 9.84 Å². The van der Waals surface area contributed by atoms with Gasteiger partial charge in [-0.2, -0.15) is 0 Å². The van der Waals surface area contributed by atoms with Crippen molar-refractivity contribution >= 4 is 21.7 Å². The van der Waals surface area contributed by atoms with Crippen LogP contribution >= 0.6 is 0 Å². The fraction of sp³-hybridized carbons (Fsp3) is 0.706. The highest BCUT2D eigenvalue weighted by Gasteiger charge is 2.29. The molecule has 0 unspecified atom stereocenters. The molecule has 1 aliphatic heterocycles. The van der Waals surface area contributed by atoms with E-state index in [9.17, 15) is 13.2 Å². The minimum atomic E-state index is -3.14. The van der Waals surface area contributed by atoms with Gasteiger partial charge in [0.25, 0.3) is 0 Å². The molecule has 25 heavy (non-hydrogen) atoms. The van der Waals surface area contributed by atoms with E-state index in [1.54, 1.807) is 18.5 Å². The molecule has 1 saturated heterocycles. The zero-order valence-electron chi connectivity index (χ0n) is 14.4. The minimum Gasteiger partial charge on any atom is -0.352 e. The Kier molecular flexibility index (Phi) is 5.88. The monoisotopic (exact) mass is 366 g/mol. The summed E-state index contributed by atoms with van der Waals surface area (Å²) in [6.07, 6.45) is 8.77. The molecular formula is C17H26N4O3S. The molecule has 2 aliphatic rings. The van der Waals surface area contributed by atoms with E-state index in [0.717, 1.165) is 45.1 Å². The van der Waals surface area contributed by atoms with Gasteiger partial charge < -0.3 is 10.2 Å². The van der Waals surface area contributed by atoms with Crippen LogP contribution in [0.3, 0.4) is 0 Å². The average Bonchev–Trinajstić information content (AvgIpc) is 3.17.